The molecule has 0 radical (unpaired) electrons. The maximum absolute atomic E-state index is 12.8. The van der Waals surface area contributed by atoms with Crippen molar-refractivity contribution >= 4 is 17.7 Å². The number of nitriles is 1. The summed E-state index contributed by atoms with van der Waals surface area (Å²) in [6.45, 7) is 0. The maximum Gasteiger partial charge on any atom is 0.164 e. The summed E-state index contributed by atoms with van der Waals surface area (Å²) < 4.78 is 12.8. The van der Waals surface area contributed by atoms with Crippen molar-refractivity contribution in [1.82, 2.24) is 4.98 Å². The molecule has 1 rings (SSSR count). The summed E-state index contributed by atoms with van der Waals surface area (Å²) in [5.41, 5.74) is 0.595. The summed E-state index contributed by atoms with van der Waals surface area (Å²) in [6, 6.07) is 3.20. The largest absolute Gasteiger partial charge is 0.241 e. The third-order valence-electron chi connectivity index (χ3n) is 1.34. The van der Waals surface area contributed by atoms with Gasteiger partial charge in [0.25, 0.3) is 0 Å². The molecule has 0 unspecified atom stereocenters. The second kappa shape index (κ2) is 4.58. The van der Waals surface area contributed by atoms with Gasteiger partial charge in [0, 0.05) is 6.20 Å². The van der Waals surface area contributed by atoms with Gasteiger partial charge in [-0.2, -0.15) is 5.26 Å². The van der Waals surface area contributed by atoms with Crippen LogP contribution in [0.5, 0.6) is 0 Å². The Morgan fingerprint density at radius 2 is 2.46 bits per heavy atom. The Bertz CT molecular complexity index is 368. The van der Waals surface area contributed by atoms with Crippen molar-refractivity contribution in [1.29, 1.82) is 5.26 Å². The molecule has 13 heavy (non-hydrogen) atoms. The zero-order chi connectivity index (χ0) is 9.68. The Kier molecular flexibility index (Phi) is 3.41. The SMILES string of the molecule is N#CCC=Cc1cnc(Cl)c(F)c1. The minimum absolute atomic E-state index is 0.141. The molecule has 0 aliphatic heterocycles. The molecule has 0 amide bonds. The van der Waals surface area contributed by atoms with E-state index in [1.807, 2.05) is 6.07 Å². The molecule has 2 nitrogen and oxygen atoms in total. The average molecular weight is 197 g/mol. The number of nitrogens with zero attached hydrogens (tertiary/aromatic N) is 2. The van der Waals surface area contributed by atoms with E-state index in [2.05, 4.69) is 4.98 Å². The van der Waals surface area contributed by atoms with E-state index in [4.69, 9.17) is 16.9 Å². The predicted octanol–water partition coefficient (Wildman–Crippen LogP) is 2.80. The van der Waals surface area contributed by atoms with Crippen molar-refractivity contribution in [3.63, 3.8) is 0 Å². The lowest BCUT2D eigenvalue weighted by molar-refractivity contribution is 0.621. The van der Waals surface area contributed by atoms with Crippen molar-refractivity contribution < 1.29 is 4.39 Å². The zero-order valence-corrected chi connectivity index (χ0v) is 7.42. The molecule has 0 bridgehead atoms. The van der Waals surface area contributed by atoms with Gasteiger partial charge < -0.3 is 0 Å². The summed E-state index contributed by atoms with van der Waals surface area (Å²) in [4.78, 5) is 3.61. The lowest BCUT2D eigenvalue weighted by Gasteiger charge is -1.94. The molecule has 0 aliphatic rings. The standard InChI is InChI=1S/C9H6ClFN2/c10-9-8(11)5-7(6-13-9)3-1-2-4-12/h1,3,5-6H,2H2. The molecule has 0 aromatic carbocycles. The first-order valence-electron chi connectivity index (χ1n) is 3.58. The molecule has 1 heterocycles. The summed E-state index contributed by atoms with van der Waals surface area (Å²) in [5, 5.41) is 8.09. The average Bonchev–Trinajstić information content (AvgIpc) is 2.12. The van der Waals surface area contributed by atoms with Crippen LogP contribution < -0.4 is 0 Å². The van der Waals surface area contributed by atoms with Gasteiger partial charge in [-0.3, -0.25) is 0 Å². The normalized spacial score (nSPS) is 10.2. The number of rotatable bonds is 2. The molecule has 1 aromatic heterocycles. The molecular formula is C9H6ClFN2. The van der Waals surface area contributed by atoms with Crippen LogP contribution in [0, 0.1) is 17.1 Å². The minimum Gasteiger partial charge on any atom is -0.241 e. The molecule has 0 N–H and O–H groups in total. The van der Waals surface area contributed by atoms with Crippen LogP contribution in [0.4, 0.5) is 4.39 Å². The van der Waals surface area contributed by atoms with Crippen LogP contribution in [0.15, 0.2) is 18.3 Å². The van der Waals surface area contributed by atoms with Crippen LogP contribution in [0.2, 0.25) is 5.15 Å². The van der Waals surface area contributed by atoms with E-state index in [1.165, 1.54) is 12.3 Å². The third kappa shape index (κ3) is 2.85. The zero-order valence-electron chi connectivity index (χ0n) is 6.67. The van der Waals surface area contributed by atoms with Gasteiger partial charge in [-0.05, 0) is 11.6 Å². The Balaban J connectivity index is 2.81. The molecule has 0 aliphatic carbocycles. The minimum atomic E-state index is -0.555. The summed E-state index contributed by atoms with van der Waals surface area (Å²) >= 11 is 5.38. The predicted molar refractivity (Wildman–Crippen MR) is 48.5 cm³/mol. The number of aromatic nitrogens is 1. The Hall–Kier alpha value is -1.40. The summed E-state index contributed by atoms with van der Waals surface area (Å²) in [7, 11) is 0. The van der Waals surface area contributed by atoms with Gasteiger partial charge in [0.15, 0.2) is 11.0 Å². The van der Waals surface area contributed by atoms with Crippen molar-refractivity contribution in [2.75, 3.05) is 0 Å². The fourth-order valence-corrected chi connectivity index (χ4v) is 0.878. The molecule has 1 aromatic rings. The molecule has 4 heteroatoms. The van der Waals surface area contributed by atoms with Crippen LogP contribution in [0.3, 0.4) is 0 Å². The highest BCUT2D eigenvalue weighted by Gasteiger charge is 1.99. The first-order chi connectivity index (χ1) is 6.24. The van der Waals surface area contributed by atoms with Crippen molar-refractivity contribution in [2.45, 2.75) is 6.42 Å². The highest BCUT2D eigenvalue weighted by Crippen LogP contribution is 2.12. The number of hydrogen-bond acceptors (Lipinski definition) is 2. The first-order valence-corrected chi connectivity index (χ1v) is 3.96. The van der Waals surface area contributed by atoms with E-state index in [0.717, 1.165) is 0 Å². The van der Waals surface area contributed by atoms with Crippen molar-refractivity contribution in [2.24, 2.45) is 0 Å². The van der Waals surface area contributed by atoms with Gasteiger partial charge in [-0.15, -0.1) is 0 Å². The van der Waals surface area contributed by atoms with Gasteiger partial charge in [0.1, 0.15) is 0 Å². The van der Waals surface area contributed by atoms with Crippen LogP contribution in [-0.4, -0.2) is 4.98 Å². The molecular weight excluding hydrogens is 191 g/mol. The van der Waals surface area contributed by atoms with Crippen molar-refractivity contribution in [3.8, 4) is 6.07 Å². The third-order valence-corrected chi connectivity index (χ3v) is 1.61. The lowest BCUT2D eigenvalue weighted by Crippen LogP contribution is -1.83. The van der Waals surface area contributed by atoms with E-state index in [9.17, 15) is 4.39 Å². The number of pyridine rings is 1. The number of halogens is 2. The Morgan fingerprint density at radius 3 is 3.08 bits per heavy atom. The smallest absolute Gasteiger partial charge is 0.164 e. The summed E-state index contributed by atoms with van der Waals surface area (Å²) in [5.74, 6) is -0.555. The van der Waals surface area contributed by atoms with E-state index in [0.29, 0.717) is 12.0 Å². The number of hydrogen-bond donors (Lipinski definition) is 0. The Morgan fingerprint density at radius 1 is 1.69 bits per heavy atom. The molecule has 0 saturated heterocycles. The van der Waals surface area contributed by atoms with E-state index in [1.54, 1.807) is 12.2 Å². The van der Waals surface area contributed by atoms with Crippen molar-refractivity contribution in [3.05, 3.63) is 34.9 Å². The van der Waals surface area contributed by atoms with Gasteiger partial charge in [-0.1, -0.05) is 23.8 Å². The molecule has 0 atom stereocenters. The van der Waals surface area contributed by atoms with Crippen LogP contribution in [0.25, 0.3) is 6.08 Å². The highest BCUT2D eigenvalue weighted by molar-refractivity contribution is 6.29. The topological polar surface area (TPSA) is 36.7 Å². The van der Waals surface area contributed by atoms with Gasteiger partial charge in [-0.25, -0.2) is 9.37 Å². The van der Waals surface area contributed by atoms with Crippen LogP contribution in [-0.2, 0) is 0 Å². The van der Waals surface area contributed by atoms with Gasteiger partial charge in [0.05, 0.1) is 12.5 Å². The fraction of sp³-hybridized carbons (Fsp3) is 0.111. The lowest BCUT2D eigenvalue weighted by atomic mass is 10.2. The van der Waals surface area contributed by atoms with E-state index in [-0.39, 0.29) is 5.15 Å². The Labute approximate surface area is 80.3 Å². The second-order valence-electron chi connectivity index (χ2n) is 2.31. The molecule has 0 spiro atoms. The quantitative estimate of drug-likeness (QED) is 0.682. The maximum atomic E-state index is 12.8. The molecule has 0 fully saturated rings. The van der Waals surface area contributed by atoms with Gasteiger partial charge >= 0.3 is 0 Å². The van der Waals surface area contributed by atoms with E-state index < -0.39 is 5.82 Å². The summed E-state index contributed by atoms with van der Waals surface area (Å²) in [6.07, 6.45) is 4.99. The molecule has 66 valence electrons. The van der Waals surface area contributed by atoms with Crippen LogP contribution in [0.1, 0.15) is 12.0 Å². The highest BCUT2D eigenvalue weighted by atomic mass is 35.5. The van der Waals surface area contributed by atoms with Crippen LogP contribution >= 0.6 is 11.6 Å². The first kappa shape index (κ1) is 9.69. The second-order valence-corrected chi connectivity index (χ2v) is 2.66. The van der Waals surface area contributed by atoms with E-state index >= 15 is 0 Å². The fourth-order valence-electron chi connectivity index (χ4n) is 0.775. The monoisotopic (exact) mass is 196 g/mol. The number of allylic oxidation sites excluding steroid dienone is 1. The molecule has 0 saturated carbocycles. The van der Waals surface area contributed by atoms with Gasteiger partial charge in [0.2, 0.25) is 0 Å².